The first-order valence-electron chi connectivity index (χ1n) is 7.93. The first-order valence-corrected chi connectivity index (χ1v) is 7.93. The molecule has 1 aliphatic rings. The first kappa shape index (κ1) is 16.2. The molecule has 2 N–H and O–H groups in total. The summed E-state index contributed by atoms with van der Waals surface area (Å²) < 4.78 is 6.52. The molecule has 0 aliphatic carbocycles. The number of hydrogen-bond acceptors (Lipinski definition) is 5. The molecule has 24 heavy (non-hydrogen) atoms. The molecule has 1 fully saturated rings. The molecule has 0 bridgehead atoms. The van der Waals surface area contributed by atoms with Gasteiger partial charge in [-0.3, -0.25) is 9.48 Å². The van der Waals surface area contributed by atoms with E-state index in [0.717, 1.165) is 25.9 Å². The number of carbonyl (C=O) groups excluding carboxylic acids is 2. The lowest BCUT2D eigenvalue weighted by Gasteiger charge is -2.22. The SMILES string of the molecule is COC(=O)c1cccc(NC(=O)c2ccn(C3CCCNC3)n2)c1. The van der Waals surface area contributed by atoms with Crippen LogP contribution in [0.2, 0.25) is 0 Å². The van der Waals surface area contributed by atoms with E-state index >= 15 is 0 Å². The molecule has 2 heterocycles. The zero-order valence-corrected chi connectivity index (χ0v) is 13.5. The van der Waals surface area contributed by atoms with Crippen LogP contribution in [0.4, 0.5) is 5.69 Å². The summed E-state index contributed by atoms with van der Waals surface area (Å²) in [7, 11) is 1.32. The summed E-state index contributed by atoms with van der Waals surface area (Å²) in [4.78, 5) is 23.9. The predicted octanol–water partition coefficient (Wildman–Crippen LogP) is 1.85. The van der Waals surface area contributed by atoms with Gasteiger partial charge in [-0.2, -0.15) is 5.10 Å². The highest BCUT2D eigenvalue weighted by molar-refractivity contribution is 6.03. The number of benzene rings is 1. The van der Waals surface area contributed by atoms with E-state index in [4.69, 9.17) is 0 Å². The van der Waals surface area contributed by atoms with E-state index in [1.54, 1.807) is 30.3 Å². The van der Waals surface area contributed by atoms with Crippen molar-refractivity contribution < 1.29 is 14.3 Å². The van der Waals surface area contributed by atoms with Crippen LogP contribution < -0.4 is 10.6 Å². The Balaban J connectivity index is 1.69. The third-order valence-corrected chi connectivity index (χ3v) is 4.03. The molecule has 1 saturated heterocycles. The second kappa shape index (κ2) is 7.27. The van der Waals surface area contributed by atoms with Crippen LogP contribution in [0, 0.1) is 0 Å². The summed E-state index contributed by atoms with van der Waals surface area (Å²) >= 11 is 0. The van der Waals surface area contributed by atoms with Gasteiger partial charge < -0.3 is 15.4 Å². The smallest absolute Gasteiger partial charge is 0.337 e. The van der Waals surface area contributed by atoms with Crippen LogP contribution in [0.1, 0.15) is 39.7 Å². The highest BCUT2D eigenvalue weighted by atomic mass is 16.5. The Labute approximate surface area is 140 Å². The Bertz CT molecular complexity index is 735. The third-order valence-electron chi connectivity index (χ3n) is 4.03. The van der Waals surface area contributed by atoms with Gasteiger partial charge in [0.2, 0.25) is 0 Å². The van der Waals surface area contributed by atoms with Gasteiger partial charge in [-0.15, -0.1) is 0 Å². The van der Waals surface area contributed by atoms with Crippen LogP contribution >= 0.6 is 0 Å². The van der Waals surface area contributed by atoms with Gasteiger partial charge in [-0.25, -0.2) is 4.79 Å². The number of ether oxygens (including phenoxy) is 1. The molecular weight excluding hydrogens is 308 g/mol. The van der Waals surface area contributed by atoms with Crippen LogP contribution in [0.25, 0.3) is 0 Å². The quantitative estimate of drug-likeness (QED) is 0.837. The fourth-order valence-electron chi connectivity index (χ4n) is 2.76. The number of esters is 1. The molecule has 0 spiro atoms. The lowest BCUT2D eigenvalue weighted by Crippen LogP contribution is -2.32. The van der Waals surface area contributed by atoms with Crippen molar-refractivity contribution in [1.29, 1.82) is 0 Å². The molecule has 0 saturated carbocycles. The predicted molar refractivity (Wildman–Crippen MR) is 89.1 cm³/mol. The van der Waals surface area contributed by atoms with E-state index in [0.29, 0.717) is 16.9 Å². The van der Waals surface area contributed by atoms with Crippen molar-refractivity contribution in [2.24, 2.45) is 0 Å². The van der Waals surface area contributed by atoms with E-state index in [-0.39, 0.29) is 11.9 Å². The summed E-state index contributed by atoms with van der Waals surface area (Å²) in [6, 6.07) is 8.59. The number of methoxy groups -OCH3 is 1. The summed E-state index contributed by atoms with van der Waals surface area (Å²) in [6.07, 6.45) is 3.99. The molecule has 1 unspecified atom stereocenters. The molecule has 1 aromatic carbocycles. The molecule has 0 radical (unpaired) electrons. The zero-order chi connectivity index (χ0) is 16.9. The fourth-order valence-corrected chi connectivity index (χ4v) is 2.76. The highest BCUT2D eigenvalue weighted by Crippen LogP contribution is 2.17. The number of carbonyl (C=O) groups is 2. The Morgan fingerprint density at radius 1 is 1.38 bits per heavy atom. The number of hydrogen-bond donors (Lipinski definition) is 2. The third kappa shape index (κ3) is 3.62. The van der Waals surface area contributed by atoms with Gasteiger partial charge in [0.1, 0.15) is 0 Å². The van der Waals surface area contributed by atoms with Gasteiger partial charge in [0.25, 0.3) is 5.91 Å². The summed E-state index contributed by atoms with van der Waals surface area (Å²) in [5.74, 6) is -0.750. The molecule has 1 aromatic heterocycles. The van der Waals surface area contributed by atoms with Crippen LogP contribution in [0.15, 0.2) is 36.5 Å². The summed E-state index contributed by atoms with van der Waals surface area (Å²) in [5.41, 5.74) is 1.26. The maximum Gasteiger partial charge on any atom is 0.337 e. The van der Waals surface area contributed by atoms with Gasteiger partial charge in [0, 0.05) is 18.4 Å². The number of piperidine rings is 1. The van der Waals surface area contributed by atoms with Crippen LogP contribution in [0.3, 0.4) is 0 Å². The monoisotopic (exact) mass is 328 g/mol. The number of aromatic nitrogens is 2. The molecule has 7 nitrogen and oxygen atoms in total. The number of nitrogens with one attached hydrogen (secondary N) is 2. The second-order valence-electron chi connectivity index (χ2n) is 5.71. The Morgan fingerprint density at radius 2 is 2.25 bits per heavy atom. The standard InChI is InChI=1S/C17H20N4O3/c1-24-17(23)12-4-2-5-13(10-12)19-16(22)15-7-9-21(20-15)14-6-3-8-18-11-14/h2,4-5,7,9-10,14,18H,3,6,8,11H2,1H3,(H,19,22). The molecule has 1 atom stereocenters. The zero-order valence-electron chi connectivity index (χ0n) is 13.5. The van der Waals surface area contributed by atoms with Crippen LogP contribution in [-0.4, -0.2) is 41.9 Å². The van der Waals surface area contributed by atoms with E-state index in [9.17, 15) is 9.59 Å². The highest BCUT2D eigenvalue weighted by Gasteiger charge is 2.18. The van der Waals surface area contributed by atoms with Crippen LogP contribution in [-0.2, 0) is 4.74 Å². The fraction of sp³-hybridized carbons (Fsp3) is 0.353. The lowest BCUT2D eigenvalue weighted by molar-refractivity contribution is 0.0600. The maximum atomic E-state index is 12.3. The van der Waals surface area contributed by atoms with Crippen molar-refractivity contribution in [3.05, 3.63) is 47.8 Å². The van der Waals surface area contributed by atoms with Gasteiger partial charge in [-0.05, 0) is 43.7 Å². The molecule has 3 rings (SSSR count). The average Bonchev–Trinajstić information content (AvgIpc) is 3.12. The van der Waals surface area contributed by atoms with Crippen molar-refractivity contribution in [3.8, 4) is 0 Å². The van der Waals surface area contributed by atoms with Crippen molar-refractivity contribution in [2.45, 2.75) is 18.9 Å². The number of anilines is 1. The van der Waals surface area contributed by atoms with E-state index in [1.807, 2.05) is 10.9 Å². The summed E-state index contributed by atoms with van der Waals surface area (Å²) in [5, 5.41) is 10.5. The number of amides is 1. The van der Waals surface area contributed by atoms with E-state index in [2.05, 4.69) is 20.5 Å². The minimum absolute atomic E-state index is 0.281. The van der Waals surface area contributed by atoms with E-state index < -0.39 is 5.97 Å². The lowest BCUT2D eigenvalue weighted by atomic mass is 10.1. The normalized spacial score (nSPS) is 17.3. The van der Waals surface area contributed by atoms with Gasteiger partial charge in [-0.1, -0.05) is 6.07 Å². The van der Waals surface area contributed by atoms with Crippen molar-refractivity contribution in [2.75, 3.05) is 25.5 Å². The molecule has 7 heteroatoms. The minimum atomic E-state index is -0.444. The van der Waals surface area contributed by atoms with Crippen molar-refractivity contribution in [3.63, 3.8) is 0 Å². The Kier molecular flexibility index (Phi) is 4.90. The molecular formula is C17H20N4O3. The van der Waals surface area contributed by atoms with E-state index in [1.165, 1.54) is 7.11 Å². The largest absolute Gasteiger partial charge is 0.465 e. The molecule has 1 amide bonds. The first-order chi connectivity index (χ1) is 11.7. The number of nitrogens with zero attached hydrogens (tertiary/aromatic N) is 2. The minimum Gasteiger partial charge on any atom is -0.465 e. The second-order valence-corrected chi connectivity index (χ2v) is 5.71. The summed E-state index contributed by atoms with van der Waals surface area (Å²) in [6.45, 7) is 1.89. The van der Waals surface area contributed by atoms with Gasteiger partial charge in [0.05, 0.1) is 18.7 Å². The van der Waals surface area contributed by atoms with Gasteiger partial charge >= 0.3 is 5.97 Å². The Hall–Kier alpha value is -2.67. The topological polar surface area (TPSA) is 85.2 Å². The maximum absolute atomic E-state index is 12.3. The molecule has 2 aromatic rings. The van der Waals surface area contributed by atoms with Crippen molar-refractivity contribution >= 4 is 17.6 Å². The van der Waals surface area contributed by atoms with Crippen LogP contribution in [0.5, 0.6) is 0 Å². The molecule has 126 valence electrons. The van der Waals surface area contributed by atoms with Gasteiger partial charge in [0.15, 0.2) is 5.69 Å². The van der Waals surface area contributed by atoms with Crippen molar-refractivity contribution in [1.82, 2.24) is 15.1 Å². The number of rotatable bonds is 4. The Morgan fingerprint density at radius 3 is 3.00 bits per heavy atom. The average molecular weight is 328 g/mol. The molecule has 1 aliphatic heterocycles.